The molecule has 1 N–H and O–H groups in total. The minimum atomic E-state index is -3.47. The van der Waals surface area contributed by atoms with Crippen molar-refractivity contribution in [2.24, 2.45) is 0 Å². The summed E-state index contributed by atoms with van der Waals surface area (Å²) in [6.45, 7) is 1.10. The van der Waals surface area contributed by atoms with E-state index in [9.17, 15) is 22.0 Å². The first-order valence-electron chi connectivity index (χ1n) is 9.20. The molecule has 2 aromatic rings. The van der Waals surface area contributed by atoms with Crippen LogP contribution in [0.4, 0.5) is 14.5 Å². The fourth-order valence-electron chi connectivity index (χ4n) is 3.14. The topological polar surface area (TPSA) is 66.5 Å². The van der Waals surface area contributed by atoms with E-state index in [1.54, 1.807) is 24.3 Å². The minimum Gasteiger partial charge on any atom is -0.326 e. The number of nitrogens with zero attached hydrogens (tertiary/aromatic N) is 1. The number of anilines is 1. The number of hydrogen-bond acceptors (Lipinski definition) is 3. The van der Waals surface area contributed by atoms with Crippen LogP contribution in [0, 0.1) is 11.6 Å². The minimum absolute atomic E-state index is 0.136. The molecule has 0 unspecified atom stereocenters. The summed E-state index contributed by atoms with van der Waals surface area (Å²) < 4.78 is 52.8. The van der Waals surface area contributed by atoms with Crippen molar-refractivity contribution in [2.75, 3.05) is 18.4 Å². The van der Waals surface area contributed by atoms with Crippen molar-refractivity contribution in [1.82, 2.24) is 4.31 Å². The first kappa shape index (κ1) is 20.4. The highest BCUT2D eigenvalue weighted by molar-refractivity contribution is 7.89. The quantitative estimate of drug-likeness (QED) is 0.792. The molecule has 5 nitrogen and oxygen atoms in total. The average molecular weight is 408 g/mol. The lowest BCUT2D eigenvalue weighted by atomic mass is 10.1. The molecule has 28 heavy (non-hydrogen) atoms. The Bertz CT molecular complexity index is 940. The molecule has 0 aliphatic carbocycles. The SMILES string of the molecule is O=C(CCc1ccc(S(=O)(=O)N2CCCCC2)cc1)Nc1ccc(F)c(F)c1. The zero-order valence-electron chi connectivity index (χ0n) is 15.3. The molecule has 3 rings (SSSR count). The zero-order chi connectivity index (χ0) is 20.1. The second kappa shape index (κ2) is 8.79. The van der Waals surface area contributed by atoms with E-state index in [1.807, 2.05) is 0 Å². The Morgan fingerprint density at radius 2 is 1.64 bits per heavy atom. The molecule has 0 spiro atoms. The maximum absolute atomic E-state index is 13.2. The molecule has 1 fully saturated rings. The number of carbonyl (C=O) groups excluding carboxylic acids is 1. The third-order valence-corrected chi connectivity index (χ3v) is 6.63. The number of benzene rings is 2. The van der Waals surface area contributed by atoms with Gasteiger partial charge >= 0.3 is 0 Å². The fraction of sp³-hybridized carbons (Fsp3) is 0.350. The number of aryl methyl sites for hydroxylation is 1. The van der Waals surface area contributed by atoms with Crippen LogP contribution >= 0.6 is 0 Å². The van der Waals surface area contributed by atoms with E-state index in [4.69, 9.17) is 0 Å². The summed E-state index contributed by atoms with van der Waals surface area (Å²) >= 11 is 0. The number of amides is 1. The lowest BCUT2D eigenvalue weighted by Gasteiger charge is -2.25. The molecular weight excluding hydrogens is 386 g/mol. The summed E-state index contributed by atoms with van der Waals surface area (Å²) in [5, 5.41) is 2.51. The van der Waals surface area contributed by atoms with Crippen molar-refractivity contribution in [1.29, 1.82) is 0 Å². The van der Waals surface area contributed by atoms with Gasteiger partial charge in [-0.15, -0.1) is 0 Å². The Morgan fingerprint density at radius 3 is 2.29 bits per heavy atom. The Labute approximate surface area is 163 Å². The van der Waals surface area contributed by atoms with Crippen molar-refractivity contribution in [3.05, 3.63) is 59.7 Å². The van der Waals surface area contributed by atoms with Crippen LogP contribution in [0.1, 0.15) is 31.2 Å². The number of hydrogen-bond donors (Lipinski definition) is 1. The van der Waals surface area contributed by atoms with E-state index in [2.05, 4.69) is 5.32 Å². The van der Waals surface area contributed by atoms with Gasteiger partial charge in [0.15, 0.2) is 11.6 Å². The molecule has 2 aromatic carbocycles. The van der Waals surface area contributed by atoms with Crippen LogP contribution < -0.4 is 5.32 Å². The lowest BCUT2D eigenvalue weighted by Crippen LogP contribution is -2.35. The van der Waals surface area contributed by atoms with Gasteiger partial charge in [0.05, 0.1) is 4.90 Å². The van der Waals surface area contributed by atoms with Crippen LogP contribution in [0.2, 0.25) is 0 Å². The average Bonchev–Trinajstić information content (AvgIpc) is 2.70. The third-order valence-electron chi connectivity index (χ3n) is 4.72. The van der Waals surface area contributed by atoms with E-state index in [0.717, 1.165) is 37.0 Å². The lowest BCUT2D eigenvalue weighted by molar-refractivity contribution is -0.116. The number of sulfonamides is 1. The summed E-state index contributed by atoms with van der Waals surface area (Å²) in [5.41, 5.74) is 1.00. The van der Waals surface area contributed by atoms with Gasteiger partial charge in [0.2, 0.25) is 15.9 Å². The van der Waals surface area contributed by atoms with E-state index in [1.165, 1.54) is 10.4 Å². The predicted molar refractivity (Wildman–Crippen MR) is 102 cm³/mol. The van der Waals surface area contributed by atoms with Crippen LogP contribution in [-0.2, 0) is 21.2 Å². The van der Waals surface area contributed by atoms with Crippen LogP contribution in [0.3, 0.4) is 0 Å². The molecule has 150 valence electrons. The molecule has 1 amide bonds. The molecule has 1 aliphatic heterocycles. The first-order chi connectivity index (χ1) is 13.4. The monoisotopic (exact) mass is 408 g/mol. The van der Waals surface area contributed by atoms with Crippen molar-refractivity contribution in [3.8, 4) is 0 Å². The van der Waals surface area contributed by atoms with Crippen LogP contribution in [0.25, 0.3) is 0 Å². The second-order valence-electron chi connectivity index (χ2n) is 6.79. The summed E-state index contributed by atoms with van der Waals surface area (Å²) in [5.74, 6) is -2.34. The van der Waals surface area contributed by atoms with Gasteiger partial charge in [-0.1, -0.05) is 18.6 Å². The standard InChI is InChI=1S/C20H22F2N2O3S/c21-18-10-7-16(14-19(18)22)23-20(25)11-6-15-4-8-17(9-5-15)28(26,27)24-12-2-1-3-13-24/h4-5,7-10,14H,1-3,6,11-13H2,(H,23,25). The number of nitrogens with one attached hydrogen (secondary N) is 1. The number of piperidine rings is 1. The molecule has 1 aliphatic rings. The number of rotatable bonds is 6. The molecule has 0 saturated carbocycles. The Balaban J connectivity index is 1.56. The predicted octanol–water partition coefficient (Wildman–Crippen LogP) is 3.71. The number of halogens is 2. The van der Waals surface area contributed by atoms with Crippen LogP contribution in [0.15, 0.2) is 47.4 Å². The highest BCUT2D eigenvalue weighted by atomic mass is 32.2. The Kier molecular flexibility index (Phi) is 6.41. The van der Waals surface area contributed by atoms with E-state index in [-0.39, 0.29) is 22.9 Å². The van der Waals surface area contributed by atoms with Gasteiger partial charge in [0.25, 0.3) is 0 Å². The van der Waals surface area contributed by atoms with Gasteiger partial charge in [-0.25, -0.2) is 17.2 Å². The molecule has 0 aromatic heterocycles. The van der Waals surface area contributed by atoms with Crippen molar-refractivity contribution < 1.29 is 22.0 Å². The summed E-state index contributed by atoms with van der Waals surface area (Å²) in [4.78, 5) is 12.2. The van der Waals surface area contributed by atoms with Gasteiger partial charge in [-0.05, 0) is 49.1 Å². The molecule has 8 heteroatoms. The van der Waals surface area contributed by atoms with Crippen molar-refractivity contribution in [2.45, 2.75) is 37.0 Å². The van der Waals surface area contributed by atoms with Crippen LogP contribution in [0.5, 0.6) is 0 Å². The Hall–Kier alpha value is -2.32. The van der Waals surface area contributed by atoms with Gasteiger partial charge in [-0.3, -0.25) is 4.79 Å². The van der Waals surface area contributed by atoms with E-state index < -0.39 is 21.7 Å². The van der Waals surface area contributed by atoms with Crippen molar-refractivity contribution in [3.63, 3.8) is 0 Å². The van der Waals surface area contributed by atoms with Crippen molar-refractivity contribution >= 4 is 21.6 Å². The molecule has 1 heterocycles. The first-order valence-corrected chi connectivity index (χ1v) is 10.6. The van der Waals surface area contributed by atoms with Gasteiger partial charge in [0, 0.05) is 31.3 Å². The fourth-order valence-corrected chi connectivity index (χ4v) is 4.65. The van der Waals surface area contributed by atoms with E-state index in [0.29, 0.717) is 19.5 Å². The summed E-state index contributed by atoms with van der Waals surface area (Å²) in [6.07, 6.45) is 3.35. The van der Waals surface area contributed by atoms with Gasteiger partial charge in [-0.2, -0.15) is 4.31 Å². The normalized spacial score (nSPS) is 15.4. The molecule has 1 saturated heterocycles. The highest BCUT2D eigenvalue weighted by Crippen LogP contribution is 2.21. The highest BCUT2D eigenvalue weighted by Gasteiger charge is 2.25. The maximum atomic E-state index is 13.2. The molecule has 0 radical (unpaired) electrons. The van der Waals surface area contributed by atoms with E-state index >= 15 is 0 Å². The Morgan fingerprint density at radius 1 is 0.964 bits per heavy atom. The zero-order valence-corrected chi connectivity index (χ0v) is 16.1. The summed E-state index contributed by atoms with van der Waals surface area (Å²) in [7, 11) is -3.47. The molecule has 0 bridgehead atoms. The number of carbonyl (C=O) groups is 1. The summed E-state index contributed by atoms with van der Waals surface area (Å²) in [6, 6.07) is 9.68. The largest absolute Gasteiger partial charge is 0.326 e. The smallest absolute Gasteiger partial charge is 0.243 e. The third kappa shape index (κ3) is 4.94. The molecular formula is C20H22F2N2O3S. The second-order valence-corrected chi connectivity index (χ2v) is 8.72. The molecule has 0 atom stereocenters. The maximum Gasteiger partial charge on any atom is 0.243 e. The van der Waals surface area contributed by atoms with Gasteiger partial charge in [0.1, 0.15) is 0 Å². The van der Waals surface area contributed by atoms with Gasteiger partial charge < -0.3 is 5.32 Å². The van der Waals surface area contributed by atoms with Crippen LogP contribution in [-0.4, -0.2) is 31.7 Å².